The van der Waals surface area contributed by atoms with Crippen LogP contribution in [0.1, 0.15) is 38.7 Å². The number of benzene rings is 1. The lowest BCUT2D eigenvalue weighted by molar-refractivity contribution is -0.142. The Balaban J connectivity index is 1.98. The number of likely N-dealkylation sites (N-methyl/N-ethyl adjacent to an activating group) is 1. The molecular formula is C21H30N4O3. The molecule has 152 valence electrons. The van der Waals surface area contributed by atoms with E-state index in [0.29, 0.717) is 13.0 Å². The van der Waals surface area contributed by atoms with Crippen molar-refractivity contribution >= 4 is 23.8 Å². The summed E-state index contributed by atoms with van der Waals surface area (Å²) < 4.78 is 0. The molecule has 1 heterocycles. The SMILES string of the molecule is CNC(C)C(=O)NC1CCCCN(C(C)C(=O)NC=Cc2ccccc2)C1=O. The second-order valence-corrected chi connectivity index (χ2v) is 7.03. The van der Waals surface area contributed by atoms with E-state index in [4.69, 9.17) is 0 Å². The van der Waals surface area contributed by atoms with E-state index in [1.807, 2.05) is 30.3 Å². The Kier molecular flexibility index (Phi) is 8.19. The molecule has 1 aliphatic rings. The van der Waals surface area contributed by atoms with E-state index in [9.17, 15) is 14.4 Å². The summed E-state index contributed by atoms with van der Waals surface area (Å²) in [5.74, 6) is -0.675. The zero-order valence-electron chi connectivity index (χ0n) is 16.8. The Hall–Kier alpha value is -2.67. The van der Waals surface area contributed by atoms with Gasteiger partial charge in [-0.25, -0.2) is 0 Å². The van der Waals surface area contributed by atoms with E-state index in [-0.39, 0.29) is 23.8 Å². The van der Waals surface area contributed by atoms with Crippen molar-refractivity contribution in [2.24, 2.45) is 0 Å². The lowest BCUT2D eigenvalue weighted by atomic mass is 10.1. The molecule has 3 atom stereocenters. The maximum Gasteiger partial charge on any atom is 0.246 e. The van der Waals surface area contributed by atoms with Gasteiger partial charge < -0.3 is 20.9 Å². The van der Waals surface area contributed by atoms with Crippen LogP contribution in [-0.2, 0) is 14.4 Å². The van der Waals surface area contributed by atoms with E-state index < -0.39 is 12.1 Å². The minimum Gasteiger partial charge on any atom is -0.343 e. The van der Waals surface area contributed by atoms with Gasteiger partial charge >= 0.3 is 0 Å². The highest BCUT2D eigenvalue weighted by Gasteiger charge is 2.33. The summed E-state index contributed by atoms with van der Waals surface area (Å²) in [6.07, 6.45) is 5.60. The molecule has 0 spiro atoms. The van der Waals surface area contributed by atoms with Crippen molar-refractivity contribution < 1.29 is 14.4 Å². The fourth-order valence-electron chi connectivity index (χ4n) is 3.06. The number of amides is 3. The van der Waals surface area contributed by atoms with Crippen LogP contribution in [-0.4, -0.2) is 54.3 Å². The van der Waals surface area contributed by atoms with Crippen molar-refractivity contribution in [3.63, 3.8) is 0 Å². The van der Waals surface area contributed by atoms with E-state index in [0.717, 1.165) is 18.4 Å². The first kappa shape index (κ1) is 21.6. The Morgan fingerprint density at radius 2 is 1.86 bits per heavy atom. The smallest absolute Gasteiger partial charge is 0.246 e. The predicted molar refractivity (Wildman–Crippen MR) is 109 cm³/mol. The van der Waals surface area contributed by atoms with Crippen LogP contribution in [0.25, 0.3) is 6.08 Å². The van der Waals surface area contributed by atoms with Crippen LogP contribution in [0.4, 0.5) is 0 Å². The van der Waals surface area contributed by atoms with Crippen LogP contribution in [0.3, 0.4) is 0 Å². The Morgan fingerprint density at radius 1 is 1.14 bits per heavy atom. The number of carbonyl (C=O) groups is 3. The highest BCUT2D eigenvalue weighted by molar-refractivity contribution is 5.93. The molecule has 1 aliphatic heterocycles. The van der Waals surface area contributed by atoms with Gasteiger partial charge in [0.2, 0.25) is 17.7 Å². The van der Waals surface area contributed by atoms with E-state index in [1.165, 1.54) is 0 Å². The molecule has 2 rings (SSSR count). The fraction of sp³-hybridized carbons (Fsp3) is 0.476. The van der Waals surface area contributed by atoms with Gasteiger partial charge in [-0.2, -0.15) is 0 Å². The van der Waals surface area contributed by atoms with Crippen LogP contribution >= 0.6 is 0 Å². The number of rotatable bonds is 7. The lowest BCUT2D eigenvalue weighted by Gasteiger charge is -2.29. The van der Waals surface area contributed by atoms with Gasteiger partial charge in [-0.3, -0.25) is 14.4 Å². The maximum absolute atomic E-state index is 12.9. The van der Waals surface area contributed by atoms with Gasteiger partial charge in [-0.15, -0.1) is 0 Å². The molecule has 1 saturated heterocycles. The monoisotopic (exact) mass is 386 g/mol. The number of hydrogen-bond acceptors (Lipinski definition) is 4. The van der Waals surface area contributed by atoms with Gasteiger partial charge in [-0.1, -0.05) is 30.3 Å². The largest absolute Gasteiger partial charge is 0.343 e. The zero-order valence-corrected chi connectivity index (χ0v) is 16.8. The molecule has 0 aliphatic carbocycles. The summed E-state index contributed by atoms with van der Waals surface area (Å²) in [6, 6.07) is 8.04. The van der Waals surface area contributed by atoms with Crippen molar-refractivity contribution in [1.29, 1.82) is 0 Å². The molecule has 7 heteroatoms. The third kappa shape index (κ3) is 5.92. The first-order chi connectivity index (χ1) is 13.4. The second-order valence-electron chi connectivity index (χ2n) is 7.03. The van der Waals surface area contributed by atoms with Gasteiger partial charge in [0.25, 0.3) is 0 Å². The van der Waals surface area contributed by atoms with E-state index in [1.54, 1.807) is 38.1 Å². The minimum atomic E-state index is -0.618. The first-order valence-electron chi connectivity index (χ1n) is 9.74. The highest BCUT2D eigenvalue weighted by Crippen LogP contribution is 2.15. The summed E-state index contributed by atoms with van der Waals surface area (Å²) in [5, 5.41) is 8.42. The molecular weight excluding hydrogens is 356 g/mol. The Morgan fingerprint density at radius 3 is 2.54 bits per heavy atom. The standard InChI is InChI=1S/C21H30N4O3/c1-15(22-3)19(26)24-18-11-7-8-14-25(21(18)28)16(2)20(27)23-13-12-17-9-5-4-6-10-17/h4-6,9-10,12-13,15-16,18,22H,7-8,11,14H2,1-3H3,(H,23,27)(H,24,26). The van der Waals surface area contributed by atoms with Gasteiger partial charge in [0.05, 0.1) is 6.04 Å². The second kappa shape index (κ2) is 10.6. The molecule has 3 unspecified atom stereocenters. The van der Waals surface area contributed by atoms with Crippen LogP contribution in [0, 0.1) is 0 Å². The van der Waals surface area contributed by atoms with Gasteiger partial charge in [0, 0.05) is 12.7 Å². The van der Waals surface area contributed by atoms with Gasteiger partial charge in [0.1, 0.15) is 12.1 Å². The number of nitrogens with zero attached hydrogens (tertiary/aromatic N) is 1. The topological polar surface area (TPSA) is 90.5 Å². The van der Waals surface area contributed by atoms with E-state index >= 15 is 0 Å². The van der Waals surface area contributed by atoms with Crippen LogP contribution < -0.4 is 16.0 Å². The highest BCUT2D eigenvalue weighted by atomic mass is 16.2. The molecule has 0 radical (unpaired) electrons. The molecule has 3 amide bonds. The van der Waals surface area contributed by atoms with Gasteiger partial charge in [-0.05, 0) is 51.8 Å². The third-order valence-corrected chi connectivity index (χ3v) is 5.01. The predicted octanol–water partition coefficient (Wildman–Crippen LogP) is 1.27. The summed E-state index contributed by atoms with van der Waals surface area (Å²) in [6.45, 7) is 3.96. The molecule has 1 fully saturated rings. The summed E-state index contributed by atoms with van der Waals surface area (Å²) in [5.41, 5.74) is 0.975. The van der Waals surface area contributed by atoms with Crippen molar-refractivity contribution in [2.45, 2.75) is 51.2 Å². The third-order valence-electron chi connectivity index (χ3n) is 5.01. The fourth-order valence-corrected chi connectivity index (χ4v) is 3.06. The van der Waals surface area contributed by atoms with Crippen LogP contribution in [0.2, 0.25) is 0 Å². The van der Waals surface area contributed by atoms with Gasteiger partial charge in [0.15, 0.2) is 0 Å². The number of carbonyl (C=O) groups excluding carboxylic acids is 3. The average molecular weight is 386 g/mol. The normalized spacial score (nSPS) is 19.8. The number of nitrogens with one attached hydrogen (secondary N) is 3. The Labute approximate surface area is 166 Å². The van der Waals surface area contributed by atoms with Crippen LogP contribution in [0.15, 0.2) is 36.5 Å². The molecule has 1 aromatic carbocycles. The molecule has 0 saturated carbocycles. The summed E-state index contributed by atoms with van der Waals surface area (Å²) in [4.78, 5) is 39.2. The quantitative estimate of drug-likeness (QED) is 0.658. The molecule has 0 bridgehead atoms. The number of hydrogen-bond donors (Lipinski definition) is 3. The number of likely N-dealkylation sites (tertiary alicyclic amines) is 1. The van der Waals surface area contributed by atoms with E-state index in [2.05, 4.69) is 16.0 Å². The molecule has 3 N–H and O–H groups in total. The molecule has 7 nitrogen and oxygen atoms in total. The van der Waals surface area contributed by atoms with Crippen molar-refractivity contribution in [1.82, 2.24) is 20.9 Å². The summed E-state index contributed by atoms with van der Waals surface area (Å²) >= 11 is 0. The Bertz CT molecular complexity index is 705. The van der Waals surface area contributed by atoms with Crippen molar-refractivity contribution in [3.05, 3.63) is 42.1 Å². The van der Waals surface area contributed by atoms with Crippen LogP contribution in [0.5, 0.6) is 0 Å². The summed E-state index contributed by atoms with van der Waals surface area (Å²) in [7, 11) is 1.70. The molecule has 0 aromatic heterocycles. The lowest BCUT2D eigenvalue weighted by Crippen LogP contribution is -2.55. The zero-order chi connectivity index (χ0) is 20.5. The molecule has 28 heavy (non-hydrogen) atoms. The maximum atomic E-state index is 12.9. The van der Waals surface area contributed by atoms with Crippen molar-refractivity contribution in [3.8, 4) is 0 Å². The average Bonchev–Trinajstić information content (AvgIpc) is 2.89. The first-order valence-corrected chi connectivity index (χ1v) is 9.74. The minimum absolute atomic E-state index is 0.205. The van der Waals surface area contributed by atoms with Crippen molar-refractivity contribution in [2.75, 3.05) is 13.6 Å². The molecule has 1 aromatic rings.